The lowest BCUT2D eigenvalue weighted by molar-refractivity contribution is -0.173. The molecule has 0 aliphatic heterocycles. The number of nitrogens with one attached hydrogen (secondary N) is 2. The van der Waals surface area contributed by atoms with Crippen molar-refractivity contribution in [1.29, 1.82) is 0 Å². The van der Waals surface area contributed by atoms with Gasteiger partial charge in [0.05, 0.1) is 17.9 Å². The van der Waals surface area contributed by atoms with Gasteiger partial charge in [0.1, 0.15) is 12.4 Å². The van der Waals surface area contributed by atoms with Crippen molar-refractivity contribution in [3.63, 3.8) is 0 Å². The van der Waals surface area contributed by atoms with E-state index in [1.54, 1.807) is 6.92 Å². The highest BCUT2D eigenvalue weighted by molar-refractivity contribution is 5.99. The van der Waals surface area contributed by atoms with Crippen molar-refractivity contribution in [3.8, 4) is 0 Å². The van der Waals surface area contributed by atoms with E-state index in [0.717, 1.165) is 0 Å². The lowest BCUT2D eigenvalue weighted by Gasteiger charge is -2.12. The number of ether oxygens (including phenoxy) is 1. The molecular weight excluding hydrogens is 292 g/mol. The fraction of sp³-hybridized carbons (Fsp3) is 0.462. The predicted molar refractivity (Wildman–Crippen MR) is 69.8 cm³/mol. The first-order valence-corrected chi connectivity index (χ1v) is 6.30. The molecule has 0 aliphatic carbocycles. The number of anilines is 1. The fourth-order valence-electron chi connectivity index (χ4n) is 1.59. The molecule has 0 fully saturated rings. The summed E-state index contributed by atoms with van der Waals surface area (Å²) in [6.07, 6.45) is -4.40. The van der Waals surface area contributed by atoms with Gasteiger partial charge in [-0.15, -0.1) is 0 Å². The van der Waals surface area contributed by atoms with Crippen LogP contribution >= 0.6 is 0 Å². The van der Waals surface area contributed by atoms with Gasteiger partial charge in [-0.2, -0.15) is 13.2 Å². The average Bonchev–Trinajstić information content (AvgIpc) is 2.39. The van der Waals surface area contributed by atoms with Crippen molar-refractivity contribution in [1.82, 2.24) is 5.32 Å². The van der Waals surface area contributed by atoms with Crippen molar-refractivity contribution >= 4 is 11.6 Å². The maximum Gasteiger partial charge on any atom is 0.411 e. The number of alkyl halides is 3. The molecular formula is C13H16F4N2O2. The highest BCUT2D eigenvalue weighted by Gasteiger charge is 2.27. The summed E-state index contributed by atoms with van der Waals surface area (Å²) in [6, 6.07) is 4.01. The molecule has 0 heterocycles. The summed E-state index contributed by atoms with van der Waals surface area (Å²) in [4.78, 5) is 11.9. The molecule has 21 heavy (non-hydrogen) atoms. The van der Waals surface area contributed by atoms with Crippen LogP contribution in [0.4, 0.5) is 23.2 Å². The number of hydrogen-bond acceptors (Lipinski definition) is 3. The summed E-state index contributed by atoms with van der Waals surface area (Å²) >= 11 is 0. The molecule has 0 radical (unpaired) electrons. The molecule has 0 unspecified atom stereocenters. The number of carbonyl (C=O) groups is 1. The molecule has 0 aromatic heterocycles. The second-order valence-corrected chi connectivity index (χ2v) is 4.12. The highest BCUT2D eigenvalue weighted by atomic mass is 19.4. The van der Waals surface area contributed by atoms with Gasteiger partial charge in [-0.25, -0.2) is 4.39 Å². The Balaban J connectivity index is 2.51. The molecule has 0 saturated heterocycles. The van der Waals surface area contributed by atoms with Crippen LogP contribution in [0.15, 0.2) is 18.2 Å². The standard InChI is InChI=1S/C13H16F4N2O2/c1-2-18-11-9(4-3-5-10(11)14)12(20)19-6-7-21-8-13(15,16)17/h3-5,18H,2,6-8H2,1H3,(H,19,20). The Morgan fingerprint density at radius 2 is 2.05 bits per heavy atom. The topological polar surface area (TPSA) is 50.4 Å². The third-order valence-electron chi connectivity index (χ3n) is 2.41. The second kappa shape index (κ2) is 7.82. The van der Waals surface area contributed by atoms with Crippen LogP contribution in [-0.4, -0.2) is 38.4 Å². The van der Waals surface area contributed by atoms with E-state index in [2.05, 4.69) is 15.4 Å². The normalized spacial score (nSPS) is 11.3. The largest absolute Gasteiger partial charge is 0.411 e. The van der Waals surface area contributed by atoms with Crippen LogP contribution in [0.2, 0.25) is 0 Å². The maximum absolute atomic E-state index is 13.6. The van der Waals surface area contributed by atoms with Crippen molar-refractivity contribution in [2.24, 2.45) is 0 Å². The molecule has 0 atom stereocenters. The van der Waals surface area contributed by atoms with Gasteiger partial charge < -0.3 is 15.4 Å². The van der Waals surface area contributed by atoms with Crippen molar-refractivity contribution in [2.45, 2.75) is 13.1 Å². The van der Waals surface area contributed by atoms with Crippen molar-refractivity contribution < 1.29 is 27.1 Å². The Morgan fingerprint density at radius 3 is 2.67 bits per heavy atom. The zero-order valence-electron chi connectivity index (χ0n) is 11.4. The zero-order valence-corrected chi connectivity index (χ0v) is 11.4. The van der Waals surface area contributed by atoms with Crippen LogP contribution in [0, 0.1) is 5.82 Å². The number of carbonyl (C=O) groups excluding carboxylic acids is 1. The van der Waals surface area contributed by atoms with Gasteiger partial charge in [-0.3, -0.25) is 4.79 Å². The molecule has 1 amide bonds. The number of benzene rings is 1. The molecule has 1 aromatic rings. The molecule has 118 valence electrons. The van der Waals surface area contributed by atoms with E-state index in [9.17, 15) is 22.4 Å². The van der Waals surface area contributed by atoms with Crippen LogP contribution in [0.5, 0.6) is 0 Å². The first-order chi connectivity index (χ1) is 9.85. The van der Waals surface area contributed by atoms with Crippen molar-refractivity contribution in [2.75, 3.05) is 31.6 Å². The maximum atomic E-state index is 13.6. The summed E-state index contributed by atoms with van der Waals surface area (Å²) in [5.41, 5.74) is 0.154. The summed E-state index contributed by atoms with van der Waals surface area (Å²) in [7, 11) is 0. The molecule has 2 N–H and O–H groups in total. The van der Waals surface area contributed by atoms with Gasteiger partial charge in [-0.05, 0) is 19.1 Å². The van der Waals surface area contributed by atoms with E-state index in [4.69, 9.17) is 0 Å². The van der Waals surface area contributed by atoms with Crippen LogP contribution in [0.3, 0.4) is 0 Å². The van der Waals surface area contributed by atoms with Gasteiger partial charge in [0.25, 0.3) is 5.91 Å². The summed E-state index contributed by atoms with van der Waals surface area (Å²) in [5.74, 6) is -1.15. The fourth-order valence-corrected chi connectivity index (χ4v) is 1.59. The first-order valence-electron chi connectivity index (χ1n) is 6.30. The average molecular weight is 308 g/mol. The minimum absolute atomic E-state index is 0.0636. The molecule has 1 rings (SSSR count). The Hall–Kier alpha value is -1.83. The third-order valence-corrected chi connectivity index (χ3v) is 2.41. The summed E-state index contributed by atoms with van der Waals surface area (Å²) in [6.45, 7) is 0.425. The SMILES string of the molecule is CCNc1c(F)cccc1C(=O)NCCOCC(F)(F)F. The van der Waals surface area contributed by atoms with E-state index in [-0.39, 0.29) is 24.4 Å². The lowest BCUT2D eigenvalue weighted by Crippen LogP contribution is -2.29. The molecule has 0 bridgehead atoms. The molecule has 0 saturated carbocycles. The van der Waals surface area contributed by atoms with Crippen LogP contribution in [0.1, 0.15) is 17.3 Å². The van der Waals surface area contributed by atoms with Gasteiger partial charge in [0, 0.05) is 13.1 Å². The summed E-state index contributed by atoms with van der Waals surface area (Å²) < 4.78 is 53.4. The summed E-state index contributed by atoms with van der Waals surface area (Å²) in [5, 5.41) is 5.10. The Labute approximate surface area is 119 Å². The monoisotopic (exact) mass is 308 g/mol. The second-order valence-electron chi connectivity index (χ2n) is 4.12. The van der Waals surface area contributed by atoms with E-state index in [1.807, 2.05) is 0 Å². The van der Waals surface area contributed by atoms with E-state index >= 15 is 0 Å². The minimum Gasteiger partial charge on any atom is -0.382 e. The van der Waals surface area contributed by atoms with Gasteiger partial charge in [-0.1, -0.05) is 6.07 Å². The number of rotatable bonds is 7. The molecule has 8 heteroatoms. The molecule has 4 nitrogen and oxygen atoms in total. The minimum atomic E-state index is -4.40. The number of hydrogen-bond donors (Lipinski definition) is 2. The molecule has 0 spiro atoms. The van der Waals surface area contributed by atoms with Crippen LogP contribution in [0.25, 0.3) is 0 Å². The smallest absolute Gasteiger partial charge is 0.382 e. The van der Waals surface area contributed by atoms with E-state index in [1.165, 1.54) is 18.2 Å². The van der Waals surface area contributed by atoms with E-state index < -0.39 is 24.5 Å². The van der Waals surface area contributed by atoms with Gasteiger partial charge >= 0.3 is 6.18 Å². The third kappa shape index (κ3) is 5.99. The number of para-hydroxylation sites is 1. The Bertz CT molecular complexity index is 478. The van der Waals surface area contributed by atoms with Gasteiger partial charge in [0.2, 0.25) is 0 Å². The van der Waals surface area contributed by atoms with Crippen molar-refractivity contribution in [3.05, 3.63) is 29.6 Å². The Kier molecular flexibility index (Phi) is 6.41. The predicted octanol–water partition coefficient (Wildman–Crippen LogP) is 2.57. The number of halogens is 4. The zero-order chi connectivity index (χ0) is 15.9. The van der Waals surface area contributed by atoms with Crippen LogP contribution < -0.4 is 10.6 Å². The van der Waals surface area contributed by atoms with Crippen LogP contribution in [-0.2, 0) is 4.74 Å². The van der Waals surface area contributed by atoms with E-state index in [0.29, 0.717) is 6.54 Å². The molecule has 1 aromatic carbocycles. The quantitative estimate of drug-likeness (QED) is 0.601. The Morgan fingerprint density at radius 1 is 1.33 bits per heavy atom. The van der Waals surface area contributed by atoms with Gasteiger partial charge in [0.15, 0.2) is 0 Å². The number of amides is 1. The first kappa shape index (κ1) is 17.2. The molecule has 0 aliphatic rings. The lowest BCUT2D eigenvalue weighted by atomic mass is 10.1. The highest BCUT2D eigenvalue weighted by Crippen LogP contribution is 2.19.